The van der Waals surface area contributed by atoms with E-state index in [2.05, 4.69) is 56.0 Å². The summed E-state index contributed by atoms with van der Waals surface area (Å²) in [5.74, 6) is 1.64. The number of methoxy groups -OCH3 is 2. The monoisotopic (exact) mass is 356 g/mol. The summed E-state index contributed by atoms with van der Waals surface area (Å²) in [4.78, 5) is 1.60. The Bertz CT molecular complexity index is 760. The molecule has 3 rings (SSSR count). The van der Waals surface area contributed by atoms with E-state index in [4.69, 9.17) is 9.47 Å². The van der Waals surface area contributed by atoms with E-state index in [1.807, 2.05) is 0 Å². The Hall–Kier alpha value is -2.04. The Labute approximate surface area is 156 Å². The van der Waals surface area contributed by atoms with Gasteiger partial charge in [0.1, 0.15) is 12.6 Å². The van der Waals surface area contributed by atoms with Crippen molar-refractivity contribution in [2.24, 2.45) is 0 Å². The molecule has 0 aromatic heterocycles. The number of hydrogen-bond donors (Lipinski definition) is 2. The predicted octanol–water partition coefficient (Wildman–Crippen LogP) is 1.72. The zero-order valence-electron chi connectivity index (χ0n) is 16.5. The fraction of sp³-hybridized carbons (Fsp3) is 0.455. The van der Waals surface area contributed by atoms with Gasteiger partial charge < -0.3 is 20.1 Å². The van der Waals surface area contributed by atoms with Crippen LogP contribution in [0.5, 0.6) is 11.5 Å². The standard InChI is InChI=1S/C22H30N2O2/c1-5-19(23)22-18-13-21(26-4)20(25-3)12-16(18)10-11-24(22)14-17-9-7-6-8-15(17)2/h6-9,12-13,19,22H,5,10-11,14,23H2,1-4H3/p+2/t19-,22-/m0/s1. The SMILES string of the molecule is CC[C@H]([NH3+])[C@@H]1c2cc(OC)c(OC)cc2CC[NH+]1Cc1ccccc1C. The molecule has 0 aliphatic carbocycles. The highest BCUT2D eigenvalue weighted by Crippen LogP contribution is 2.35. The van der Waals surface area contributed by atoms with Crippen molar-refractivity contribution in [1.29, 1.82) is 0 Å². The lowest BCUT2D eigenvalue weighted by Gasteiger charge is -2.36. The van der Waals surface area contributed by atoms with Crippen molar-refractivity contribution in [3.05, 3.63) is 58.7 Å². The number of quaternary nitrogens is 2. The molecule has 4 heteroatoms. The van der Waals surface area contributed by atoms with Crippen LogP contribution in [0.3, 0.4) is 0 Å². The molecule has 140 valence electrons. The number of hydrogen-bond acceptors (Lipinski definition) is 2. The van der Waals surface area contributed by atoms with Crippen LogP contribution < -0.4 is 20.1 Å². The lowest BCUT2D eigenvalue weighted by Crippen LogP contribution is -3.14. The molecule has 0 radical (unpaired) electrons. The first-order valence-electron chi connectivity index (χ1n) is 9.56. The number of fused-ring (bicyclic) bond motifs is 1. The molecule has 1 aliphatic heterocycles. The number of ether oxygens (including phenoxy) is 2. The summed E-state index contributed by atoms with van der Waals surface area (Å²) in [6.45, 7) is 6.60. The van der Waals surface area contributed by atoms with Crippen LogP contribution in [0.25, 0.3) is 0 Å². The third-order valence-corrected chi connectivity index (χ3v) is 5.81. The van der Waals surface area contributed by atoms with Crippen LogP contribution in [0.4, 0.5) is 0 Å². The third-order valence-electron chi connectivity index (χ3n) is 5.81. The van der Waals surface area contributed by atoms with E-state index in [9.17, 15) is 0 Å². The fourth-order valence-corrected chi connectivity index (χ4v) is 4.19. The fourth-order valence-electron chi connectivity index (χ4n) is 4.19. The first kappa shape index (κ1) is 18.7. The van der Waals surface area contributed by atoms with Gasteiger partial charge >= 0.3 is 0 Å². The van der Waals surface area contributed by atoms with Gasteiger partial charge in [0.2, 0.25) is 0 Å². The molecule has 2 aromatic rings. The number of aryl methyl sites for hydroxylation is 1. The molecular weight excluding hydrogens is 324 g/mol. The van der Waals surface area contributed by atoms with Crippen LogP contribution in [0.1, 0.15) is 41.6 Å². The van der Waals surface area contributed by atoms with E-state index in [1.54, 1.807) is 19.1 Å². The van der Waals surface area contributed by atoms with Gasteiger partial charge in [-0.05, 0) is 30.2 Å². The van der Waals surface area contributed by atoms with Gasteiger partial charge in [0.25, 0.3) is 0 Å². The second-order valence-corrected chi connectivity index (χ2v) is 7.31. The number of rotatable bonds is 6. The quantitative estimate of drug-likeness (QED) is 0.828. The van der Waals surface area contributed by atoms with E-state index < -0.39 is 0 Å². The molecule has 0 bridgehead atoms. The molecule has 0 saturated heterocycles. The number of benzene rings is 2. The Balaban J connectivity index is 2.00. The zero-order chi connectivity index (χ0) is 18.7. The van der Waals surface area contributed by atoms with Gasteiger partial charge in [-0.15, -0.1) is 0 Å². The average molecular weight is 357 g/mol. The van der Waals surface area contributed by atoms with Crippen LogP contribution in [0.2, 0.25) is 0 Å². The summed E-state index contributed by atoms with van der Waals surface area (Å²) < 4.78 is 11.1. The largest absolute Gasteiger partial charge is 0.493 e. The van der Waals surface area contributed by atoms with Gasteiger partial charge in [0.15, 0.2) is 17.5 Å². The van der Waals surface area contributed by atoms with Gasteiger partial charge in [0, 0.05) is 24.0 Å². The lowest BCUT2D eigenvalue weighted by molar-refractivity contribution is -0.957. The minimum Gasteiger partial charge on any atom is -0.493 e. The van der Waals surface area contributed by atoms with Crippen molar-refractivity contribution in [3.8, 4) is 11.5 Å². The molecule has 0 fully saturated rings. The van der Waals surface area contributed by atoms with Crippen LogP contribution in [0.15, 0.2) is 36.4 Å². The summed E-state index contributed by atoms with van der Waals surface area (Å²) in [6.07, 6.45) is 2.12. The van der Waals surface area contributed by atoms with E-state index in [0.29, 0.717) is 12.1 Å². The van der Waals surface area contributed by atoms with Crippen LogP contribution >= 0.6 is 0 Å². The van der Waals surface area contributed by atoms with Crippen LogP contribution in [-0.2, 0) is 13.0 Å². The normalized spacial score (nSPS) is 20.3. The molecule has 26 heavy (non-hydrogen) atoms. The molecule has 1 heterocycles. The first-order chi connectivity index (χ1) is 12.6. The molecule has 4 N–H and O–H groups in total. The third kappa shape index (κ3) is 3.57. The van der Waals surface area contributed by atoms with Crippen molar-refractivity contribution in [2.75, 3.05) is 20.8 Å². The predicted molar refractivity (Wildman–Crippen MR) is 104 cm³/mol. The maximum atomic E-state index is 5.58. The smallest absolute Gasteiger partial charge is 0.166 e. The minimum atomic E-state index is 0.367. The van der Waals surface area contributed by atoms with Gasteiger partial charge in [0.05, 0.1) is 20.8 Å². The summed E-state index contributed by atoms with van der Waals surface area (Å²) >= 11 is 0. The van der Waals surface area contributed by atoms with Crippen molar-refractivity contribution in [2.45, 2.75) is 45.3 Å². The molecular formula is C22H32N2O2+2. The molecule has 2 aromatic carbocycles. The van der Waals surface area contributed by atoms with Crippen LogP contribution in [-0.4, -0.2) is 26.8 Å². The second-order valence-electron chi connectivity index (χ2n) is 7.31. The molecule has 1 aliphatic rings. The highest BCUT2D eigenvalue weighted by molar-refractivity contribution is 5.49. The van der Waals surface area contributed by atoms with Crippen LogP contribution in [0, 0.1) is 6.92 Å². The molecule has 0 spiro atoms. The summed E-state index contributed by atoms with van der Waals surface area (Å²) in [6, 6.07) is 13.8. The summed E-state index contributed by atoms with van der Waals surface area (Å²) in [5.41, 5.74) is 10.1. The Morgan fingerprint density at radius 3 is 2.50 bits per heavy atom. The molecule has 0 saturated carbocycles. The Kier molecular flexibility index (Phi) is 5.84. The Morgan fingerprint density at radius 1 is 1.15 bits per heavy atom. The van der Waals surface area contributed by atoms with Gasteiger partial charge in [-0.1, -0.05) is 31.2 Å². The number of nitrogens with one attached hydrogen (secondary N) is 1. The van der Waals surface area contributed by atoms with E-state index in [1.165, 1.54) is 22.3 Å². The van der Waals surface area contributed by atoms with E-state index in [0.717, 1.165) is 37.4 Å². The van der Waals surface area contributed by atoms with Gasteiger partial charge in [-0.25, -0.2) is 0 Å². The van der Waals surface area contributed by atoms with Crippen molar-refractivity contribution in [1.82, 2.24) is 0 Å². The molecule has 0 amide bonds. The molecule has 3 atom stereocenters. The average Bonchev–Trinajstić information content (AvgIpc) is 2.67. The Morgan fingerprint density at radius 2 is 1.85 bits per heavy atom. The maximum absolute atomic E-state index is 5.58. The van der Waals surface area contributed by atoms with Gasteiger partial charge in [-0.2, -0.15) is 0 Å². The van der Waals surface area contributed by atoms with Crippen molar-refractivity contribution in [3.63, 3.8) is 0 Å². The molecule has 1 unspecified atom stereocenters. The summed E-state index contributed by atoms with van der Waals surface area (Å²) in [7, 11) is 3.41. The second kappa shape index (κ2) is 8.11. The topological polar surface area (TPSA) is 50.5 Å². The maximum Gasteiger partial charge on any atom is 0.166 e. The minimum absolute atomic E-state index is 0.367. The first-order valence-corrected chi connectivity index (χ1v) is 9.56. The van der Waals surface area contributed by atoms with E-state index >= 15 is 0 Å². The highest BCUT2D eigenvalue weighted by Gasteiger charge is 2.38. The lowest BCUT2D eigenvalue weighted by atomic mass is 9.86. The highest BCUT2D eigenvalue weighted by atomic mass is 16.5. The zero-order valence-corrected chi connectivity index (χ0v) is 16.5. The summed E-state index contributed by atoms with van der Waals surface area (Å²) in [5, 5.41) is 0. The molecule has 4 nitrogen and oxygen atoms in total. The van der Waals surface area contributed by atoms with Crippen molar-refractivity contribution < 1.29 is 20.1 Å². The van der Waals surface area contributed by atoms with Crippen molar-refractivity contribution >= 4 is 0 Å². The van der Waals surface area contributed by atoms with Gasteiger partial charge in [-0.3, -0.25) is 0 Å². The van der Waals surface area contributed by atoms with E-state index in [-0.39, 0.29) is 0 Å².